The average molecular weight is 535 g/mol. The number of aliphatic hydroxyl groups is 1. The number of rotatable bonds is 11. The molecule has 0 aromatic heterocycles. The van der Waals surface area contributed by atoms with Crippen LogP contribution in [0.1, 0.15) is 44.6 Å². The number of nitrogens with zero attached hydrogens (tertiary/aromatic N) is 2. The van der Waals surface area contributed by atoms with Crippen molar-refractivity contribution in [1.82, 2.24) is 4.90 Å². The van der Waals surface area contributed by atoms with E-state index in [1.54, 1.807) is 33.7 Å². The quantitative estimate of drug-likeness (QED) is 0.327. The minimum atomic E-state index is -0.958. The first-order valence-corrected chi connectivity index (χ1v) is 14.0. The summed E-state index contributed by atoms with van der Waals surface area (Å²) in [6.07, 6.45) is 5.35. The number of halogens is 1. The summed E-state index contributed by atoms with van der Waals surface area (Å²) in [4.78, 5) is 44.0. The maximum atomic E-state index is 14.5. The molecule has 2 N–H and O–H groups in total. The van der Waals surface area contributed by atoms with Crippen molar-refractivity contribution in [2.75, 3.05) is 24.6 Å². The van der Waals surface area contributed by atoms with Gasteiger partial charge in [-0.15, -0.1) is 18.3 Å². The van der Waals surface area contributed by atoms with Gasteiger partial charge in [0, 0.05) is 24.9 Å². The van der Waals surface area contributed by atoms with Crippen LogP contribution < -0.4 is 4.90 Å². The summed E-state index contributed by atoms with van der Waals surface area (Å²) in [6, 6.07) is 4.69. The SMILES string of the molecule is C=CCN(C(=O)C1N(CCCCCCO)C(=O)[C@@H]2[C@H](C(=O)O)[C@@H]3CC(C)C12S3)c1c(C)cccc1Cl. The highest BCUT2D eigenvalue weighted by Crippen LogP contribution is 2.68. The molecule has 6 atom stereocenters. The van der Waals surface area contributed by atoms with Gasteiger partial charge in [-0.25, -0.2) is 0 Å². The van der Waals surface area contributed by atoms with E-state index in [0.29, 0.717) is 36.5 Å². The number of aliphatic carboxylic acids is 1. The Hall–Kier alpha value is -2.03. The number of amides is 2. The van der Waals surface area contributed by atoms with E-state index in [4.69, 9.17) is 16.7 Å². The summed E-state index contributed by atoms with van der Waals surface area (Å²) in [7, 11) is 0. The minimum absolute atomic E-state index is 0.0170. The molecule has 1 spiro atoms. The van der Waals surface area contributed by atoms with Gasteiger partial charge in [0.1, 0.15) is 6.04 Å². The highest BCUT2D eigenvalue weighted by molar-refractivity contribution is 8.02. The fourth-order valence-electron chi connectivity index (χ4n) is 6.60. The van der Waals surface area contributed by atoms with E-state index in [0.717, 1.165) is 18.4 Å². The summed E-state index contributed by atoms with van der Waals surface area (Å²) < 4.78 is -0.790. The summed E-state index contributed by atoms with van der Waals surface area (Å²) in [6.45, 7) is 8.52. The number of aliphatic hydroxyl groups excluding tert-OH is 1. The molecular weight excluding hydrogens is 500 g/mol. The molecule has 0 aliphatic carbocycles. The molecule has 36 heavy (non-hydrogen) atoms. The van der Waals surface area contributed by atoms with Crippen LogP contribution in [-0.2, 0) is 14.4 Å². The van der Waals surface area contributed by atoms with Gasteiger partial charge in [0.25, 0.3) is 5.91 Å². The van der Waals surface area contributed by atoms with E-state index in [1.807, 2.05) is 19.1 Å². The summed E-state index contributed by atoms with van der Waals surface area (Å²) >= 11 is 8.12. The van der Waals surface area contributed by atoms with Crippen molar-refractivity contribution in [2.45, 2.75) is 62.0 Å². The van der Waals surface area contributed by atoms with E-state index >= 15 is 0 Å². The Morgan fingerprint density at radius 1 is 1.31 bits per heavy atom. The van der Waals surface area contributed by atoms with Crippen LogP contribution in [0.2, 0.25) is 5.02 Å². The zero-order valence-corrected chi connectivity index (χ0v) is 22.4. The molecule has 1 aromatic rings. The number of benzene rings is 1. The monoisotopic (exact) mass is 534 g/mol. The average Bonchev–Trinajstić information content (AvgIpc) is 3.41. The van der Waals surface area contributed by atoms with Crippen LogP contribution in [0.5, 0.6) is 0 Å². The first-order valence-electron chi connectivity index (χ1n) is 12.7. The molecule has 3 fully saturated rings. The molecule has 3 saturated heterocycles. The maximum Gasteiger partial charge on any atom is 0.308 e. The fourth-order valence-corrected chi connectivity index (χ4v) is 9.33. The van der Waals surface area contributed by atoms with Crippen LogP contribution in [0.25, 0.3) is 0 Å². The number of hydrogen-bond donors (Lipinski definition) is 2. The third-order valence-corrected chi connectivity index (χ3v) is 10.5. The Balaban J connectivity index is 1.77. The highest BCUT2D eigenvalue weighted by Gasteiger charge is 2.76. The minimum Gasteiger partial charge on any atom is -0.481 e. The molecule has 0 radical (unpaired) electrons. The Morgan fingerprint density at radius 2 is 2.03 bits per heavy atom. The number of para-hydroxylation sites is 1. The second kappa shape index (κ2) is 10.8. The zero-order valence-electron chi connectivity index (χ0n) is 20.9. The topological polar surface area (TPSA) is 98.2 Å². The van der Waals surface area contributed by atoms with E-state index in [2.05, 4.69) is 13.5 Å². The lowest BCUT2D eigenvalue weighted by atomic mass is 9.66. The van der Waals surface area contributed by atoms with Gasteiger partial charge in [-0.1, -0.05) is 49.6 Å². The van der Waals surface area contributed by atoms with Gasteiger partial charge in [-0.05, 0) is 43.7 Å². The lowest BCUT2D eigenvalue weighted by Crippen LogP contribution is -2.57. The zero-order chi connectivity index (χ0) is 26.2. The number of likely N-dealkylation sites (tertiary alicyclic amines) is 1. The molecule has 7 nitrogen and oxygen atoms in total. The molecule has 4 rings (SSSR count). The van der Waals surface area contributed by atoms with Gasteiger partial charge in [0.2, 0.25) is 5.91 Å². The summed E-state index contributed by atoms with van der Waals surface area (Å²) in [5.74, 6) is -2.91. The van der Waals surface area contributed by atoms with Crippen LogP contribution in [0.4, 0.5) is 5.69 Å². The number of fused-ring (bicyclic) bond motifs is 1. The van der Waals surface area contributed by atoms with Crippen molar-refractivity contribution >= 4 is 46.8 Å². The van der Waals surface area contributed by atoms with Gasteiger partial charge in [0.05, 0.1) is 27.3 Å². The van der Waals surface area contributed by atoms with Gasteiger partial charge in [0.15, 0.2) is 0 Å². The second-order valence-corrected chi connectivity index (χ2v) is 12.2. The molecule has 3 aliphatic heterocycles. The largest absolute Gasteiger partial charge is 0.481 e. The Labute approximate surface area is 221 Å². The van der Waals surface area contributed by atoms with Crippen molar-refractivity contribution < 1.29 is 24.6 Å². The fraction of sp³-hybridized carbons (Fsp3) is 0.593. The second-order valence-electron chi connectivity index (χ2n) is 10.2. The Bertz CT molecular complexity index is 1030. The van der Waals surface area contributed by atoms with Crippen LogP contribution >= 0.6 is 23.4 Å². The summed E-state index contributed by atoms with van der Waals surface area (Å²) in [5.41, 5.74) is 1.44. The van der Waals surface area contributed by atoms with Crippen LogP contribution in [0, 0.1) is 24.7 Å². The van der Waals surface area contributed by atoms with Gasteiger partial charge in [-0.3, -0.25) is 14.4 Å². The lowest BCUT2D eigenvalue weighted by Gasteiger charge is -2.40. The molecular formula is C27H35ClN2O5S. The summed E-state index contributed by atoms with van der Waals surface area (Å²) in [5, 5.41) is 19.4. The third-order valence-electron chi connectivity index (χ3n) is 8.11. The van der Waals surface area contributed by atoms with Gasteiger partial charge < -0.3 is 20.0 Å². The van der Waals surface area contributed by atoms with Crippen molar-refractivity contribution in [3.05, 3.63) is 41.4 Å². The standard InChI is InChI=1S/C27H35ClN2O5S/c1-4-12-29(22-16(2)10-9-11-18(22)28)25(33)23-27-17(3)15-19(36-27)20(26(34)35)21(27)24(32)30(23)13-7-5-6-8-14-31/h4,9-11,17,19-21,23,31H,1,5-8,12-15H2,2-3H3,(H,34,35)/t17?,19-,20+,21-,23?,27?/m0/s1. The normalized spacial score (nSPS) is 30.5. The van der Waals surface area contributed by atoms with E-state index in [1.165, 1.54) is 0 Å². The predicted octanol–water partition coefficient (Wildman–Crippen LogP) is 4.14. The van der Waals surface area contributed by atoms with E-state index in [9.17, 15) is 19.5 Å². The predicted molar refractivity (Wildman–Crippen MR) is 142 cm³/mol. The number of hydrogen-bond acceptors (Lipinski definition) is 5. The molecule has 3 aliphatic rings. The highest BCUT2D eigenvalue weighted by atomic mass is 35.5. The number of carbonyl (C=O) groups is 3. The van der Waals surface area contributed by atoms with Gasteiger partial charge >= 0.3 is 5.97 Å². The molecule has 2 amide bonds. The Kier molecular flexibility index (Phi) is 8.07. The number of carboxylic acid groups (broad SMARTS) is 1. The number of carbonyl (C=O) groups excluding carboxylic acids is 2. The van der Waals surface area contributed by atoms with E-state index in [-0.39, 0.29) is 36.1 Å². The first kappa shape index (κ1) is 27.0. The molecule has 0 saturated carbocycles. The molecule has 1 aromatic carbocycles. The molecule has 9 heteroatoms. The van der Waals surface area contributed by atoms with Crippen molar-refractivity contribution in [3.63, 3.8) is 0 Å². The third kappa shape index (κ3) is 4.25. The number of unbranched alkanes of at least 4 members (excludes halogenated alkanes) is 3. The number of thioether (sulfide) groups is 1. The van der Waals surface area contributed by atoms with Crippen molar-refractivity contribution in [2.24, 2.45) is 17.8 Å². The van der Waals surface area contributed by atoms with Crippen molar-refractivity contribution in [1.29, 1.82) is 0 Å². The molecule has 3 heterocycles. The van der Waals surface area contributed by atoms with Crippen LogP contribution in [0.15, 0.2) is 30.9 Å². The molecule has 2 bridgehead atoms. The number of aryl methyl sites for hydroxylation is 1. The van der Waals surface area contributed by atoms with Crippen LogP contribution in [-0.4, -0.2) is 68.6 Å². The number of anilines is 1. The smallest absolute Gasteiger partial charge is 0.308 e. The van der Waals surface area contributed by atoms with Crippen LogP contribution in [0.3, 0.4) is 0 Å². The number of carboxylic acids is 1. The first-order chi connectivity index (χ1) is 17.2. The lowest BCUT2D eigenvalue weighted by molar-refractivity contribution is -0.149. The molecule has 3 unspecified atom stereocenters. The van der Waals surface area contributed by atoms with Gasteiger partial charge in [-0.2, -0.15) is 0 Å². The van der Waals surface area contributed by atoms with Crippen molar-refractivity contribution in [3.8, 4) is 0 Å². The Morgan fingerprint density at radius 3 is 2.67 bits per heavy atom. The maximum absolute atomic E-state index is 14.5. The van der Waals surface area contributed by atoms with E-state index < -0.39 is 28.6 Å². The molecule has 196 valence electrons.